The number of rotatable bonds is 5. The van der Waals surface area contributed by atoms with E-state index in [4.69, 9.17) is 4.74 Å². The van der Waals surface area contributed by atoms with Crippen LogP contribution < -0.4 is 0 Å². The third-order valence-corrected chi connectivity index (χ3v) is 3.53. The van der Waals surface area contributed by atoms with Gasteiger partial charge in [-0.1, -0.05) is 25.1 Å². The lowest BCUT2D eigenvalue weighted by Gasteiger charge is -2.35. The van der Waals surface area contributed by atoms with Gasteiger partial charge in [-0.15, -0.1) is 0 Å². The first-order valence-corrected chi connectivity index (χ1v) is 6.96. The summed E-state index contributed by atoms with van der Waals surface area (Å²) in [6.45, 7) is 5.44. The molecule has 0 spiro atoms. The third kappa shape index (κ3) is 4.00. The molecule has 2 rings (SSSR count). The summed E-state index contributed by atoms with van der Waals surface area (Å²) < 4.78 is 19.2. The molecule has 4 heteroatoms. The van der Waals surface area contributed by atoms with Gasteiger partial charge in [0.15, 0.2) is 0 Å². The zero-order chi connectivity index (χ0) is 13.7. The summed E-state index contributed by atoms with van der Waals surface area (Å²) in [5.74, 6) is -0.261. The molecule has 0 amide bonds. The second-order valence-corrected chi connectivity index (χ2v) is 5.07. The Kier molecular flexibility index (Phi) is 5.31. The number of halogens is 1. The molecule has 3 nitrogen and oxygen atoms in total. The van der Waals surface area contributed by atoms with Crippen molar-refractivity contribution in [2.45, 2.75) is 32.0 Å². The smallest absolute Gasteiger partial charge is 0.126 e. The zero-order valence-electron chi connectivity index (χ0n) is 11.4. The molecule has 106 valence electrons. The molecule has 1 aliphatic rings. The van der Waals surface area contributed by atoms with Crippen LogP contribution in [0.25, 0.3) is 0 Å². The Morgan fingerprint density at radius 2 is 2.26 bits per heavy atom. The molecule has 0 bridgehead atoms. The summed E-state index contributed by atoms with van der Waals surface area (Å²) >= 11 is 0. The summed E-state index contributed by atoms with van der Waals surface area (Å²) in [5.41, 5.74) is 0.547. The molecule has 0 radical (unpaired) electrons. The van der Waals surface area contributed by atoms with Crippen molar-refractivity contribution in [2.75, 3.05) is 26.2 Å². The van der Waals surface area contributed by atoms with Crippen LogP contribution in [0.3, 0.4) is 0 Å². The first-order valence-electron chi connectivity index (χ1n) is 6.96. The zero-order valence-corrected chi connectivity index (χ0v) is 11.4. The highest BCUT2D eigenvalue weighted by molar-refractivity contribution is 5.18. The number of ether oxygens (including phenoxy) is 1. The van der Waals surface area contributed by atoms with Gasteiger partial charge < -0.3 is 9.84 Å². The van der Waals surface area contributed by atoms with Crippen LogP contribution >= 0.6 is 0 Å². The van der Waals surface area contributed by atoms with Crippen LogP contribution in [0.15, 0.2) is 24.3 Å². The lowest BCUT2D eigenvalue weighted by atomic mass is 10.0. The Labute approximate surface area is 114 Å². The summed E-state index contributed by atoms with van der Waals surface area (Å²) in [4.78, 5) is 2.29. The van der Waals surface area contributed by atoms with Crippen molar-refractivity contribution in [1.82, 2.24) is 4.90 Å². The molecule has 0 aliphatic carbocycles. The average Bonchev–Trinajstić information content (AvgIpc) is 2.42. The predicted molar refractivity (Wildman–Crippen MR) is 72.6 cm³/mol. The Bertz CT molecular complexity index is 397. The number of benzene rings is 1. The van der Waals surface area contributed by atoms with Gasteiger partial charge in [0, 0.05) is 19.5 Å². The van der Waals surface area contributed by atoms with E-state index < -0.39 is 6.10 Å². The van der Waals surface area contributed by atoms with E-state index >= 15 is 0 Å². The molecule has 0 saturated carbocycles. The molecule has 0 aromatic heterocycles. The first kappa shape index (κ1) is 14.4. The Morgan fingerprint density at radius 3 is 3.00 bits per heavy atom. The van der Waals surface area contributed by atoms with Gasteiger partial charge >= 0.3 is 0 Å². The maximum atomic E-state index is 13.6. The molecular formula is C15H22FNO2. The number of aliphatic hydroxyl groups excluding tert-OH is 1. The fraction of sp³-hybridized carbons (Fsp3) is 0.600. The topological polar surface area (TPSA) is 32.7 Å². The minimum absolute atomic E-state index is 0.222. The number of hydrogen-bond donors (Lipinski definition) is 1. The van der Waals surface area contributed by atoms with Crippen molar-refractivity contribution >= 4 is 0 Å². The average molecular weight is 267 g/mol. The largest absolute Gasteiger partial charge is 0.390 e. The number of morpholine rings is 1. The third-order valence-electron chi connectivity index (χ3n) is 3.53. The van der Waals surface area contributed by atoms with Gasteiger partial charge in [-0.05, 0) is 24.6 Å². The molecule has 1 aromatic rings. The molecule has 1 N–H and O–H groups in total. The summed E-state index contributed by atoms with van der Waals surface area (Å²) in [7, 11) is 0. The molecule has 1 heterocycles. The molecule has 19 heavy (non-hydrogen) atoms. The van der Waals surface area contributed by atoms with E-state index in [1.165, 1.54) is 6.07 Å². The molecule has 1 fully saturated rings. The second kappa shape index (κ2) is 6.98. The Balaban J connectivity index is 1.92. The van der Waals surface area contributed by atoms with E-state index in [0.29, 0.717) is 18.6 Å². The number of hydrogen-bond acceptors (Lipinski definition) is 3. The van der Waals surface area contributed by atoms with Gasteiger partial charge in [0.25, 0.3) is 0 Å². The van der Waals surface area contributed by atoms with Gasteiger partial charge in [-0.2, -0.15) is 0 Å². The van der Waals surface area contributed by atoms with Crippen molar-refractivity contribution in [2.24, 2.45) is 0 Å². The van der Waals surface area contributed by atoms with Crippen LogP contribution in [0.4, 0.5) is 4.39 Å². The number of aliphatic hydroxyl groups is 1. The summed E-state index contributed by atoms with van der Waals surface area (Å²) in [6, 6.07) is 6.58. The Hall–Kier alpha value is -0.970. The molecule has 2 unspecified atom stereocenters. The van der Waals surface area contributed by atoms with Gasteiger partial charge in [0.05, 0.1) is 18.8 Å². The van der Waals surface area contributed by atoms with Crippen LogP contribution in [-0.4, -0.2) is 48.5 Å². The normalized spacial score (nSPS) is 22.4. The maximum absolute atomic E-state index is 13.6. The van der Waals surface area contributed by atoms with Crippen molar-refractivity contribution in [3.63, 3.8) is 0 Å². The van der Waals surface area contributed by atoms with Gasteiger partial charge in [0.1, 0.15) is 5.82 Å². The van der Waals surface area contributed by atoms with Crippen molar-refractivity contribution in [1.29, 1.82) is 0 Å². The van der Waals surface area contributed by atoms with Crippen LogP contribution in [-0.2, 0) is 11.2 Å². The van der Waals surface area contributed by atoms with E-state index in [0.717, 1.165) is 26.1 Å². The highest BCUT2D eigenvalue weighted by Gasteiger charge is 2.27. The van der Waals surface area contributed by atoms with Crippen molar-refractivity contribution in [3.05, 3.63) is 35.6 Å². The van der Waals surface area contributed by atoms with Crippen molar-refractivity contribution < 1.29 is 14.2 Å². The molecule has 1 aliphatic heterocycles. The molecular weight excluding hydrogens is 245 g/mol. The highest BCUT2D eigenvalue weighted by Crippen LogP contribution is 2.15. The molecule has 2 atom stereocenters. The van der Waals surface area contributed by atoms with Crippen molar-refractivity contribution in [3.8, 4) is 0 Å². The lowest BCUT2D eigenvalue weighted by molar-refractivity contribution is -0.0879. The first-order chi connectivity index (χ1) is 9.20. The SMILES string of the molecule is CCCN1CCOC(C(O)Cc2ccccc2F)C1. The van der Waals surface area contributed by atoms with Gasteiger partial charge in [-0.25, -0.2) is 4.39 Å². The van der Waals surface area contributed by atoms with E-state index in [-0.39, 0.29) is 11.9 Å². The van der Waals surface area contributed by atoms with Crippen LogP contribution in [0, 0.1) is 5.82 Å². The maximum Gasteiger partial charge on any atom is 0.126 e. The predicted octanol–water partition coefficient (Wildman–Crippen LogP) is 1.84. The van der Waals surface area contributed by atoms with E-state index in [2.05, 4.69) is 11.8 Å². The van der Waals surface area contributed by atoms with E-state index in [1.807, 2.05) is 0 Å². The van der Waals surface area contributed by atoms with Crippen LogP contribution in [0.5, 0.6) is 0 Å². The Morgan fingerprint density at radius 1 is 1.47 bits per heavy atom. The molecule has 1 saturated heterocycles. The van der Waals surface area contributed by atoms with Crippen LogP contribution in [0.2, 0.25) is 0 Å². The monoisotopic (exact) mass is 267 g/mol. The molecule has 1 aromatic carbocycles. The second-order valence-electron chi connectivity index (χ2n) is 5.07. The minimum atomic E-state index is -0.656. The van der Waals surface area contributed by atoms with Gasteiger partial charge in [-0.3, -0.25) is 4.90 Å². The highest BCUT2D eigenvalue weighted by atomic mass is 19.1. The fourth-order valence-electron chi connectivity index (χ4n) is 2.50. The fourth-order valence-corrected chi connectivity index (χ4v) is 2.50. The van der Waals surface area contributed by atoms with Gasteiger partial charge in [0.2, 0.25) is 0 Å². The van der Waals surface area contributed by atoms with E-state index in [1.54, 1.807) is 18.2 Å². The summed E-state index contributed by atoms with van der Waals surface area (Å²) in [5, 5.41) is 10.2. The van der Waals surface area contributed by atoms with Crippen LogP contribution in [0.1, 0.15) is 18.9 Å². The number of nitrogens with zero attached hydrogens (tertiary/aromatic N) is 1. The lowest BCUT2D eigenvalue weighted by Crippen LogP contribution is -2.48. The van der Waals surface area contributed by atoms with E-state index in [9.17, 15) is 9.50 Å². The standard InChI is InChI=1S/C15H22FNO2/c1-2-7-17-8-9-19-15(11-17)14(18)10-12-5-3-4-6-13(12)16/h3-6,14-15,18H,2,7-11H2,1H3. The minimum Gasteiger partial charge on any atom is -0.390 e. The summed E-state index contributed by atoms with van der Waals surface area (Å²) in [6.07, 6.45) is 0.518. The quantitative estimate of drug-likeness (QED) is 0.883.